The molecule has 1 aromatic carbocycles. The number of aryl methyl sites for hydroxylation is 1. The van der Waals surface area contributed by atoms with E-state index in [9.17, 15) is 19.1 Å². The van der Waals surface area contributed by atoms with Crippen LogP contribution in [0.2, 0.25) is 0 Å². The lowest BCUT2D eigenvalue weighted by atomic mass is 9.87. The van der Waals surface area contributed by atoms with E-state index in [1.807, 2.05) is 23.3 Å². The van der Waals surface area contributed by atoms with E-state index in [1.54, 1.807) is 12.1 Å². The van der Waals surface area contributed by atoms with E-state index in [4.69, 9.17) is 0 Å². The minimum absolute atomic E-state index is 0.0424. The Balaban J connectivity index is 1.37. The number of Topliss-reactive ketones (excluding diaryl/α,β-unsaturated/α-hetero) is 1. The van der Waals surface area contributed by atoms with Crippen LogP contribution in [-0.2, 0) is 0 Å². The predicted octanol–water partition coefficient (Wildman–Crippen LogP) is 3.37. The molecule has 0 unspecified atom stereocenters. The average molecular weight is 431 g/mol. The van der Waals surface area contributed by atoms with Crippen molar-refractivity contribution in [2.45, 2.75) is 38.3 Å². The van der Waals surface area contributed by atoms with E-state index in [1.165, 1.54) is 23.5 Å². The predicted molar refractivity (Wildman–Crippen MR) is 114 cm³/mol. The van der Waals surface area contributed by atoms with Crippen molar-refractivity contribution >= 4 is 23.0 Å². The molecule has 0 saturated carbocycles. The van der Waals surface area contributed by atoms with Crippen LogP contribution in [0.5, 0.6) is 0 Å². The summed E-state index contributed by atoms with van der Waals surface area (Å²) in [6, 6.07) is 7.58. The molecule has 1 N–H and O–H groups in total. The monoisotopic (exact) mass is 430 g/mol. The van der Waals surface area contributed by atoms with E-state index in [-0.39, 0.29) is 29.5 Å². The number of piperidine rings is 2. The fourth-order valence-corrected chi connectivity index (χ4v) is 5.43. The second-order valence-corrected chi connectivity index (χ2v) is 9.20. The van der Waals surface area contributed by atoms with Gasteiger partial charge in [-0.2, -0.15) is 0 Å². The van der Waals surface area contributed by atoms with Crippen LogP contribution >= 0.6 is 11.3 Å². The summed E-state index contributed by atoms with van der Waals surface area (Å²) < 4.78 is 13.1. The van der Waals surface area contributed by atoms with Gasteiger partial charge in [-0.25, -0.2) is 4.39 Å². The lowest BCUT2D eigenvalue weighted by molar-refractivity contribution is -0.0174. The van der Waals surface area contributed by atoms with Crippen molar-refractivity contribution in [3.8, 4) is 0 Å². The highest BCUT2D eigenvalue weighted by atomic mass is 32.1. The fourth-order valence-electron chi connectivity index (χ4n) is 4.54. The zero-order chi connectivity index (χ0) is 21.3. The number of aliphatic hydroxyl groups excluding tert-OH is 1. The molecule has 2 saturated heterocycles. The maximum Gasteiger partial charge on any atom is 0.264 e. The summed E-state index contributed by atoms with van der Waals surface area (Å²) in [5.41, 5.74) is 1.54. The summed E-state index contributed by atoms with van der Waals surface area (Å²) in [4.78, 5) is 30.5. The first-order valence-electron chi connectivity index (χ1n) is 10.5. The summed E-state index contributed by atoms with van der Waals surface area (Å²) in [6.07, 6.45) is 1.51. The number of rotatable bonds is 4. The van der Waals surface area contributed by atoms with Crippen LogP contribution in [0.3, 0.4) is 0 Å². The van der Waals surface area contributed by atoms with Crippen molar-refractivity contribution < 1.29 is 19.1 Å². The number of hydrogen-bond acceptors (Lipinski definition) is 5. The second kappa shape index (κ2) is 8.96. The van der Waals surface area contributed by atoms with Crippen LogP contribution in [-0.4, -0.2) is 64.9 Å². The molecule has 3 heterocycles. The topological polar surface area (TPSA) is 60.9 Å². The minimum Gasteiger partial charge on any atom is -0.391 e. The number of aliphatic hydroxyl groups is 1. The van der Waals surface area contributed by atoms with Gasteiger partial charge in [0.1, 0.15) is 5.82 Å². The van der Waals surface area contributed by atoms with Crippen LogP contribution in [0.15, 0.2) is 35.7 Å². The van der Waals surface area contributed by atoms with Gasteiger partial charge in [0.25, 0.3) is 5.91 Å². The third-order valence-corrected chi connectivity index (χ3v) is 7.39. The van der Waals surface area contributed by atoms with Crippen molar-refractivity contribution in [2.75, 3.05) is 26.2 Å². The molecule has 0 aliphatic carbocycles. The molecule has 2 aliphatic rings. The number of likely N-dealkylation sites (tertiary alicyclic amines) is 2. The van der Waals surface area contributed by atoms with Crippen LogP contribution in [0.4, 0.5) is 4.39 Å². The lowest BCUT2D eigenvalue weighted by Gasteiger charge is -2.44. The highest BCUT2D eigenvalue weighted by molar-refractivity contribution is 7.12. The molecule has 5 nitrogen and oxygen atoms in total. The smallest absolute Gasteiger partial charge is 0.264 e. The van der Waals surface area contributed by atoms with Crippen LogP contribution < -0.4 is 0 Å². The van der Waals surface area contributed by atoms with Crippen molar-refractivity contribution in [2.24, 2.45) is 5.92 Å². The van der Waals surface area contributed by atoms with E-state index in [2.05, 4.69) is 4.90 Å². The lowest BCUT2D eigenvalue weighted by Crippen LogP contribution is -2.58. The molecule has 1 aromatic heterocycles. The molecule has 2 fully saturated rings. The van der Waals surface area contributed by atoms with Crippen LogP contribution in [0.1, 0.15) is 44.9 Å². The van der Waals surface area contributed by atoms with Crippen molar-refractivity contribution in [1.82, 2.24) is 9.80 Å². The molecule has 2 aromatic rings. The first-order valence-corrected chi connectivity index (χ1v) is 11.4. The molecule has 4 rings (SSSR count). The average Bonchev–Trinajstić information content (AvgIpc) is 3.19. The standard InChI is InChI=1S/C23H27FN2O3S/c1-15-9-13-30-22(15)23(29)26-12-8-20(27)19(14-26)25-10-6-17(7-11-25)21(28)16-2-4-18(24)5-3-16/h2-5,9,13,17,19-20,27H,6-8,10-12,14H2,1H3/t19-,20-/m1/s1. The Kier molecular flexibility index (Phi) is 6.32. The quantitative estimate of drug-likeness (QED) is 0.756. The molecule has 0 spiro atoms. The van der Waals surface area contributed by atoms with Gasteiger partial charge in [0, 0.05) is 24.6 Å². The Hall–Kier alpha value is -2.09. The highest BCUT2D eigenvalue weighted by Gasteiger charge is 2.37. The van der Waals surface area contributed by atoms with Gasteiger partial charge < -0.3 is 10.0 Å². The number of benzene rings is 1. The third-order valence-electron chi connectivity index (χ3n) is 6.39. The van der Waals surface area contributed by atoms with Crippen molar-refractivity contribution in [1.29, 1.82) is 0 Å². The molecule has 160 valence electrons. The number of carbonyl (C=O) groups is 2. The van der Waals surface area contributed by atoms with Gasteiger partial charge in [-0.05, 0) is 80.6 Å². The number of hydrogen-bond donors (Lipinski definition) is 1. The number of carbonyl (C=O) groups excluding carboxylic acids is 2. The normalized spacial score (nSPS) is 23.5. The molecular formula is C23H27FN2O3S. The number of nitrogens with zero attached hydrogens (tertiary/aromatic N) is 2. The molecule has 7 heteroatoms. The number of thiophene rings is 1. The maximum absolute atomic E-state index is 13.1. The van der Waals surface area contributed by atoms with Gasteiger partial charge in [0.15, 0.2) is 5.78 Å². The maximum atomic E-state index is 13.1. The Morgan fingerprint density at radius 1 is 1.07 bits per heavy atom. The summed E-state index contributed by atoms with van der Waals surface area (Å²) in [5, 5.41) is 12.5. The zero-order valence-electron chi connectivity index (χ0n) is 17.1. The van der Waals surface area contributed by atoms with E-state index in [0.717, 1.165) is 10.4 Å². The van der Waals surface area contributed by atoms with Crippen LogP contribution in [0.25, 0.3) is 0 Å². The van der Waals surface area contributed by atoms with Crippen molar-refractivity contribution in [3.63, 3.8) is 0 Å². The van der Waals surface area contributed by atoms with Gasteiger partial charge in [-0.15, -0.1) is 11.3 Å². The van der Waals surface area contributed by atoms with E-state index < -0.39 is 6.10 Å². The molecular weight excluding hydrogens is 403 g/mol. The van der Waals surface area contributed by atoms with Gasteiger partial charge in [-0.3, -0.25) is 14.5 Å². The van der Waals surface area contributed by atoms with Gasteiger partial charge in [0.05, 0.1) is 17.0 Å². The Bertz CT molecular complexity index is 905. The van der Waals surface area contributed by atoms with Crippen LogP contribution in [0, 0.1) is 18.7 Å². The SMILES string of the molecule is Cc1ccsc1C(=O)N1CC[C@@H](O)[C@H](N2CCC(C(=O)c3ccc(F)cc3)CC2)C1. The Labute approximate surface area is 180 Å². The van der Waals surface area contributed by atoms with E-state index >= 15 is 0 Å². The Morgan fingerprint density at radius 3 is 2.40 bits per heavy atom. The first kappa shape index (κ1) is 21.2. The molecule has 30 heavy (non-hydrogen) atoms. The fraction of sp³-hybridized carbons (Fsp3) is 0.478. The highest BCUT2D eigenvalue weighted by Crippen LogP contribution is 2.27. The molecule has 2 atom stereocenters. The molecule has 0 bridgehead atoms. The summed E-state index contributed by atoms with van der Waals surface area (Å²) in [5.74, 6) is -0.326. The number of halogens is 1. The van der Waals surface area contributed by atoms with Gasteiger partial charge in [-0.1, -0.05) is 0 Å². The molecule has 2 aliphatic heterocycles. The number of ketones is 1. The van der Waals surface area contributed by atoms with Gasteiger partial charge >= 0.3 is 0 Å². The number of amides is 1. The first-order chi connectivity index (χ1) is 14.4. The summed E-state index contributed by atoms with van der Waals surface area (Å²) in [6.45, 7) is 4.43. The second-order valence-electron chi connectivity index (χ2n) is 8.29. The van der Waals surface area contributed by atoms with E-state index in [0.29, 0.717) is 51.0 Å². The third kappa shape index (κ3) is 4.33. The Morgan fingerprint density at radius 2 is 1.77 bits per heavy atom. The minimum atomic E-state index is -0.470. The summed E-state index contributed by atoms with van der Waals surface area (Å²) >= 11 is 1.46. The summed E-state index contributed by atoms with van der Waals surface area (Å²) in [7, 11) is 0. The molecule has 0 radical (unpaired) electrons. The van der Waals surface area contributed by atoms with Gasteiger partial charge in [0.2, 0.25) is 0 Å². The largest absolute Gasteiger partial charge is 0.391 e. The van der Waals surface area contributed by atoms with Crippen molar-refractivity contribution in [3.05, 3.63) is 57.5 Å². The zero-order valence-corrected chi connectivity index (χ0v) is 17.9. The molecule has 1 amide bonds.